The Balaban J connectivity index is 2.87. The van der Waals surface area contributed by atoms with E-state index >= 15 is 0 Å². The normalized spacial score (nSPS) is 23.6. The maximum absolute atomic E-state index is 11.8. The first-order valence-electron chi connectivity index (χ1n) is 11.5. The second-order valence-electron chi connectivity index (χ2n) is 8.03. The predicted molar refractivity (Wildman–Crippen MR) is 118 cm³/mol. The minimum absolute atomic E-state index is 0.227. The van der Waals surface area contributed by atoms with Gasteiger partial charge in [-0.15, -0.1) is 0 Å². The average Bonchev–Trinajstić information content (AvgIpc) is 2.76. The van der Waals surface area contributed by atoms with Gasteiger partial charge in [-0.1, -0.05) is 19.3 Å². The Bertz CT molecular complexity index is 721. The summed E-state index contributed by atoms with van der Waals surface area (Å²) in [5.74, 6) is -2.92. The van der Waals surface area contributed by atoms with Crippen LogP contribution in [0.15, 0.2) is 0 Å². The topological polar surface area (TPSA) is 150 Å². The fraction of sp³-hybridized carbons (Fsp3) is 0.783. The van der Waals surface area contributed by atoms with Gasteiger partial charge >= 0.3 is 29.8 Å². The smallest absolute Gasteiger partial charge is 0.305 e. The molecule has 1 aliphatic rings. The lowest BCUT2D eigenvalue weighted by Gasteiger charge is -2.44. The molecule has 0 aromatic carbocycles. The van der Waals surface area contributed by atoms with E-state index in [0.717, 1.165) is 39.5 Å². The summed E-state index contributed by atoms with van der Waals surface area (Å²) in [6.45, 7) is 4.60. The van der Waals surface area contributed by atoms with E-state index in [2.05, 4.69) is 4.74 Å². The SMILES string of the molecule is COC(=O)CCCCCCCOC1OC(COC(C)=O)C(OC(C)=O)C(OC(C)=O)C1OC(C)=O. The van der Waals surface area contributed by atoms with Crippen molar-refractivity contribution in [2.45, 2.75) is 96.9 Å². The summed E-state index contributed by atoms with van der Waals surface area (Å²) in [6.07, 6.45) is -1.62. The van der Waals surface area contributed by atoms with Gasteiger partial charge in [-0.05, 0) is 12.8 Å². The van der Waals surface area contributed by atoms with Crippen LogP contribution in [0.2, 0.25) is 0 Å². The van der Waals surface area contributed by atoms with E-state index < -0.39 is 54.6 Å². The van der Waals surface area contributed by atoms with Crippen LogP contribution in [0.3, 0.4) is 0 Å². The highest BCUT2D eigenvalue weighted by Crippen LogP contribution is 2.30. The second-order valence-corrected chi connectivity index (χ2v) is 8.03. The lowest BCUT2D eigenvalue weighted by Crippen LogP contribution is -2.63. The van der Waals surface area contributed by atoms with Gasteiger partial charge in [0.2, 0.25) is 0 Å². The number of unbranched alkanes of at least 4 members (excludes halogenated alkanes) is 4. The quantitative estimate of drug-likeness (QED) is 0.192. The van der Waals surface area contributed by atoms with Crippen LogP contribution >= 0.6 is 0 Å². The summed E-state index contributed by atoms with van der Waals surface area (Å²) in [7, 11) is 1.35. The van der Waals surface area contributed by atoms with Crippen molar-refractivity contribution in [3.63, 3.8) is 0 Å². The fourth-order valence-corrected chi connectivity index (χ4v) is 3.53. The number of esters is 5. The summed E-state index contributed by atoms with van der Waals surface area (Å²) in [5, 5.41) is 0. The van der Waals surface area contributed by atoms with Crippen LogP contribution < -0.4 is 0 Å². The molecule has 5 unspecified atom stereocenters. The van der Waals surface area contributed by atoms with Crippen molar-refractivity contribution in [2.24, 2.45) is 0 Å². The molecule has 0 aromatic rings. The lowest BCUT2D eigenvalue weighted by atomic mass is 9.98. The molecule has 0 aliphatic carbocycles. The van der Waals surface area contributed by atoms with E-state index in [4.69, 9.17) is 28.4 Å². The maximum Gasteiger partial charge on any atom is 0.305 e. The van der Waals surface area contributed by atoms with Crippen LogP contribution in [-0.2, 0) is 57.1 Å². The monoisotopic (exact) mass is 504 g/mol. The minimum atomic E-state index is -1.25. The Hall–Kier alpha value is -2.73. The number of ether oxygens (including phenoxy) is 7. The molecule has 1 heterocycles. The molecule has 12 nitrogen and oxygen atoms in total. The van der Waals surface area contributed by atoms with Crippen LogP contribution in [0.4, 0.5) is 0 Å². The highest BCUT2D eigenvalue weighted by molar-refractivity contribution is 5.69. The summed E-state index contributed by atoms with van der Waals surface area (Å²) >= 11 is 0. The number of rotatable bonds is 14. The summed E-state index contributed by atoms with van der Waals surface area (Å²) < 4.78 is 37.3. The largest absolute Gasteiger partial charge is 0.469 e. The molecule has 0 aromatic heterocycles. The van der Waals surface area contributed by atoms with E-state index in [1.807, 2.05) is 0 Å². The van der Waals surface area contributed by atoms with Crippen LogP contribution in [0.25, 0.3) is 0 Å². The highest BCUT2D eigenvalue weighted by atomic mass is 16.7. The van der Waals surface area contributed by atoms with Gasteiger partial charge < -0.3 is 33.2 Å². The molecule has 1 aliphatic heterocycles. The average molecular weight is 505 g/mol. The molecule has 5 atom stereocenters. The molecule has 0 saturated carbocycles. The number of carbonyl (C=O) groups is 5. The third-order valence-corrected chi connectivity index (χ3v) is 4.98. The van der Waals surface area contributed by atoms with E-state index in [1.165, 1.54) is 21.0 Å². The van der Waals surface area contributed by atoms with Gasteiger partial charge in [0.15, 0.2) is 24.6 Å². The predicted octanol–water partition coefficient (Wildman–Crippen LogP) is 1.60. The summed E-state index contributed by atoms with van der Waals surface area (Å²) in [5.41, 5.74) is 0. The van der Waals surface area contributed by atoms with Gasteiger partial charge in [0.25, 0.3) is 0 Å². The molecule has 200 valence electrons. The molecule has 0 amide bonds. The van der Waals surface area contributed by atoms with Crippen molar-refractivity contribution in [2.75, 3.05) is 20.3 Å². The zero-order valence-corrected chi connectivity index (χ0v) is 20.9. The Kier molecular flexibility index (Phi) is 13.9. The maximum atomic E-state index is 11.8. The molecule has 1 rings (SSSR count). The summed E-state index contributed by atoms with van der Waals surface area (Å²) in [4.78, 5) is 57.8. The van der Waals surface area contributed by atoms with Gasteiger partial charge in [0, 0.05) is 40.7 Å². The highest BCUT2D eigenvalue weighted by Gasteiger charge is 2.52. The molecule has 12 heteroatoms. The van der Waals surface area contributed by atoms with E-state index in [0.29, 0.717) is 12.8 Å². The van der Waals surface area contributed by atoms with Gasteiger partial charge in [-0.3, -0.25) is 24.0 Å². The third-order valence-electron chi connectivity index (χ3n) is 4.98. The van der Waals surface area contributed by atoms with Crippen molar-refractivity contribution >= 4 is 29.8 Å². The molecule has 35 heavy (non-hydrogen) atoms. The fourth-order valence-electron chi connectivity index (χ4n) is 3.53. The van der Waals surface area contributed by atoms with Crippen molar-refractivity contribution in [1.29, 1.82) is 0 Å². The van der Waals surface area contributed by atoms with Crippen molar-refractivity contribution < 1.29 is 57.1 Å². The van der Waals surface area contributed by atoms with Gasteiger partial charge in [-0.25, -0.2) is 0 Å². The molecule has 0 N–H and O–H groups in total. The van der Waals surface area contributed by atoms with Crippen LogP contribution in [0.1, 0.15) is 66.2 Å². The van der Waals surface area contributed by atoms with Crippen molar-refractivity contribution in [3.8, 4) is 0 Å². The Morgan fingerprint density at radius 1 is 0.686 bits per heavy atom. The van der Waals surface area contributed by atoms with Gasteiger partial charge in [-0.2, -0.15) is 0 Å². The first-order valence-corrected chi connectivity index (χ1v) is 11.5. The zero-order valence-electron chi connectivity index (χ0n) is 20.9. The van der Waals surface area contributed by atoms with Gasteiger partial charge in [0.1, 0.15) is 12.7 Å². The molecule has 0 radical (unpaired) electrons. The molecule has 0 bridgehead atoms. The Morgan fingerprint density at radius 2 is 1.23 bits per heavy atom. The lowest BCUT2D eigenvalue weighted by molar-refractivity contribution is -0.308. The van der Waals surface area contributed by atoms with Crippen LogP contribution in [0.5, 0.6) is 0 Å². The van der Waals surface area contributed by atoms with Gasteiger partial charge in [0.05, 0.1) is 7.11 Å². The zero-order chi connectivity index (χ0) is 26.4. The first-order chi connectivity index (χ1) is 16.5. The summed E-state index contributed by atoms with van der Waals surface area (Å²) in [6, 6.07) is 0. The minimum Gasteiger partial charge on any atom is -0.469 e. The number of hydrogen-bond donors (Lipinski definition) is 0. The third kappa shape index (κ3) is 12.0. The molecule has 1 saturated heterocycles. The van der Waals surface area contributed by atoms with E-state index in [9.17, 15) is 24.0 Å². The van der Waals surface area contributed by atoms with E-state index in [-0.39, 0.29) is 19.2 Å². The Morgan fingerprint density at radius 3 is 1.80 bits per heavy atom. The molecular weight excluding hydrogens is 468 g/mol. The Labute approximate surface area is 204 Å². The van der Waals surface area contributed by atoms with Crippen molar-refractivity contribution in [1.82, 2.24) is 0 Å². The second kappa shape index (κ2) is 16.0. The number of hydrogen-bond acceptors (Lipinski definition) is 12. The van der Waals surface area contributed by atoms with Crippen LogP contribution in [0, 0.1) is 0 Å². The number of carbonyl (C=O) groups excluding carboxylic acids is 5. The molecular formula is C23H36O12. The molecule has 0 spiro atoms. The van der Waals surface area contributed by atoms with E-state index in [1.54, 1.807) is 0 Å². The first kappa shape index (κ1) is 30.3. The molecule has 1 fully saturated rings. The standard InChI is InChI=1S/C23H36O12/c1-14(24)31-13-18-20(32-15(2)25)21(33-16(3)26)22(34-17(4)27)23(35-18)30-12-10-8-6-7-9-11-19(28)29-5/h18,20-23H,6-13H2,1-5H3. The van der Waals surface area contributed by atoms with Crippen LogP contribution in [-0.4, -0.2) is 80.9 Å². The number of methoxy groups -OCH3 is 1. The van der Waals surface area contributed by atoms with Crippen molar-refractivity contribution in [3.05, 3.63) is 0 Å².